The minimum absolute atomic E-state index is 0.193. The molecule has 0 saturated heterocycles. The van der Waals surface area contributed by atoms with E-state index in [-0.39, 0.29) is 12.6 Å². The molecule has 0 amide bonds. The lowest BCUT2D eigenvalue weighted by atomic mass is 10.00. The molecule has 1 aromatic rings. The number of methoxy groups -OCH3 is 1. The van der Waals surface area contributed by atoms with E-state index in [9.17, 15) is 0 Å². The van der Waals surface area contributed by atoms with Crippen LogP contribution in [0.3, 0.4) is 0 Å². The molecule has 0 aliphatic rings. The Labute approximate surface area is 97.4 Å². The average molecular weight is 223 g/mol. The summed E-state index contributed by atoms with van der Waals surface area (Å²) in [6.07, 6.45) is 1.68. The summed E-state index contributed by atoms with van der Waals surface area (Å²) >= 11 is 0. The Hall–Kier alpha value is -1.06. The summed E-state index contributed by atoms with van der Waals surface area (Å²) in [5, 5.41) is 12.2. The molecule has 0 heterocycles. The van der Waals surface area contributed by atoms with Crippen LogP contribution in [0.1, 0.15) is 30.5 Å². The van der Waals surface area contributed by atoms with Gasteiger partial charge in [-0.3, -0.25) is 0 Å². The molecule has 16 heavy (non-hydrogen) atoms. The molecule has 0 fully saturated rings. The maximum absolute atomic E-state index is 8.99. The van der Waals surface area contributed by atoms with Crippen molar-refractivity contribution in [2.45, 2.75) is 25.8 Å². The summed E-state index contributed by atoms with van der Waals surface area (Å²) in [7, 11) is 3.60. The van der Waals surface area contributed by atoms with Crippen LogP contribution < -0.4 is 10.1 Å². The van der Waals surface area contributed by atoms with Crippen molar-refractivity contribution in [3.05, 3.63) is 29.3 Å². The van der Waals surface area contributed by atoms with Gasteiger partial charge in [-0.2, -0.15) is 0 Å². The molecule has 0 aliphatic heterocycles. The summed E-state index contributed by atoms with van der Waals surface area (Å²) in [6.45, 7) is 2.31. The van der Waals surface area contributed by atoms with Gasteiger partial charge in [0.25, 0.3) is 0 Å². The highest BCUT2D eigenvalue weighted by atomic mass is 16.5. The zero-order valence-corrected chi connectivity index (χ0v) is 10.3. The number of hydrogen-bond acceptors (Lipinski definition) is 3. The first-order chi connectivity index (χ1) is 7.76. The Morgan fingerprint density at radius 2 is 2.19 bits per heavy atom. The number of benzene rings is 1. The van der Waals surface area contributed by atoms with Gasteiger partial charge in [-0.05, 0) is 37.1 Å². The minimum atomic E-state index is 0.193. The van der Waals surface area contributed by atoms with Crippen molar-refractivity contribution in [2.24, 2.45) is 0 Å². The van der Waals surface area contributed by atoms with E-state index in [1.165, 1.54) is 11.1 Å². The third kappa shape index (κ3) is 2.97. The Morgan fingerprint density at radius 3 is 2.69 bits per heavy atom. The summed E-state index contributed by atoms with van der Waals surface area (Å²) < 4.78 is 5.29. The summed E-state index contributed by atoms with van der Waals surface area (Å²) in [5.74, 6) is 0.935. The van der Waals surface area contributed by atoms with Gasteiger partial charge in [-0.15, -0.1) is 0 Å². The monoisotopic (exact) mass is 223 g/mol. The van der Waals surface area contributed by atoms with Crippen LogP contribution in [0, 0.1) is 0 Å². The smallest absolute Gasteiger partial charge is 0.122 e. The largest absolute Gasteiger partial charge is 0.496 e. The molecule has 1 rings (SSSR count). The van der Waals surface area contributed by atoms with Gasteiger partial charge in [-0.1, -0.05) is 19.1 Å². The van der Waals surface area contributed by atoms with Crippen molar-refractivity contribution in [3.8, 4) is 5.75 Å². The Bertz CT molecular complexity index is 326. The fraction of sp³-hybridized carbons (Fsp3) is 0.538. The predicted octanol–water partition coefficient (Wildman–Crippen LogP) is 1.90. The van der Waals surface area contributed by atoms with Gasteiger partial charge in [0, 0.05) is 12.6 Å². The van der Waals surface area contributed by atoms with Crippen molar-refractivity contribution in [2.75, 3.05) is 20.8 Å². The molecule has 90 valence electrons. The van der Waals surface area contributed by atoms with E-state index in [1.807, 2.05) is 13.1 Å². The van der Waals surface area contributed by atoms with Crippen molar-refractivity contribution in [3.63, 3.8) is 0 Å². The topological polar surface area (TPSA) is 41.5 Å². The van der Waals surface area contributed by atoms with Crippen LogP contribution in [0.5, 0.6) is 5.75 Å². The quantitative estimate of drug-likeness (QED) is 0.774. The maximum Gasteiger partial charge on any atom is 0.122 e. The zero-order valence-electron chi connectivity index (χ0n) is 10.3. The summed E-state index contributed by atoms with van der Waals surface area (Å²) in [5.41, 5.74) is 2.41. The molecule has 1 unspecified atom stereocenters. The Kier molecular flexibility index (Phi) is 5.29. The average Bonchev–Trinajstić information content (AvgIpc) is 2.35. The van der Waals surface area contributed by atoms with Crippen LogP contribution in [0.2, 0.25) is 0 Å². The van der Waals surface area contributed by atoms with Gasteiger partial charge in [-0.25, -0.2) is 0 Å². The second-order valence-corrected chi connectivity index (χ2v) is 3.78. The van der Waals surface area contributed by atoms with Gasteiger partial charge in [0.05, 0.1) is 7.11 Å². The molecular weight excluding hydrogens is 202 g/mol. The lowest BCUT2D eigenvalue weighted by molar-refractivity contribution is 0.268. The van der Waals surface area contributed by atoms with Crippen molar-refractivity contribution in [1.29, 1.82) is 0 Å². The zero-order chi connectivity index (χ0) is 12.0. The molecule has 0 bridgehead atoms. The molecule has 0 aromatic heterocycles. The lowest BCUT2D eigenvalue weighted by Gasteiger charge is -2.17. The van der Waals surface area contributed by atoms with Gasteiger partial charge in [0.15, 0.2) is 0 Å². The number of hydrogen-bond donors (Lipinski definition) is 2. The van der Waals surface area contributed by atoms with E-state index in [0.29, 0.717) is 0 Å². The lowest BCUT2D eigenvalue weighted by Crippen LogP contribution is -2.17. The Balaban J connectivity index is 2.96. The van der Waals surface area contributed by atoms with Crippen molar-refractivity contribution < 1.29 is 9.84 Å². The van der Waals surface area contributed by atoms with E-state index < -0.39 is 0 Å². The highest BCUT2D eigenvalue weighted by molar-refractivity contribution is 5.38. The highest BCUT2D eigenvalue weighted by Crippen LogP contribution is 2.25. The first kappa shape index (κ1) is 13.0. The fourth-order valence-electron chi connectivity index (χ4n) is 1.90. The van der Waals surface area contributed by atoms with Gasteiger partial charge in [0.2, 0.25) is 0 Å². The summed E-state index contributed by atoms with van der Waals surface area (Å²) in [6, 6.07) is 6.40. The van der Waals surface area contributed by atoms with Gasteiger partial charge >= 0.3 is 0 Å². The van der Waals surface area contributed by atoms with Crippen LogP contribution in [-0.2, 0) is 6.42 Å². The molecule has 0 saturated carbocycles. The van der Waals surface area contributed by atoms with Crippen molar-refractivity contribution >= 4 is 0 Å². The number of rotatable bonds is 6. The second kappa shape index (κ2) is 6.51. The first-order valence-corrected chi connectivity index (χ1v) is 5.71. The molecule has 1 aromatic carbocycles. The standard InChI is InChI=1S/C13H21NO2/c1-4-10-9-11(5-6-13(10)16-3)12(14-2)7-8-15/h5-6,9,12,14-15H,4,7-8H2,1-3H3. The van der Waals surface area contributed by atoms with E-state index in [2.05, 4.69) is 24.4 Å². The van der Waals surface area contributed by atoms with Crippen LogP contribution in [0.15, 0.2) is 18.2 Å². The summed E-state index contributed by atoms with van der Waals surface area (Å²) in [4.78, 5) is 0. The molecule has 2 N–H and O–H groups in total. The number of aliphatic hydroxyl groups is 1. The van der Waals surface area contributed by atoms with E-state index >= 15 is 0 Å². The molecule has 0 radical (unpaired) electrons. The molecular formula is C13H21NO2. The first-order valence-electron chi connectivity index (χ1n) is 5.71. The number of ether oxygens (including phenoxy) is 1. The molecule has 3 nitrogen and oxygen atoms in total. The van der Waals surface area contributed by atoms with Crippen LogP contribution in [0.25, 0.3) is 0 Å². The predicted molar refractivity (Wildman–Crippen MR) is 65.9 cm³/mol. The van der Waals surface area contributed by atoms with Gasteiger partial charge < -0.3 is 15.2 Å². The van der Waals surface area contributed by atoms with E-state index in [4.69, 9.17) is 9.84 Å². The molecule has 3 heteroatoms. The number of nitrogens with one attached hydrogen (secondary N) is 1. The third-order valence-electron chi connectivity index (χ3n) is 2.85. The van der Waals surface area contributed by atoms with Crippen LogP contribution in [-0.4, -0.2) is 25.9 Å². The van der Waals surface area contributed by atoms with Gasteiger partial charge in [0.1, 0.15) is 5.75 Å². The normalized spacial score (nSPS) is 12.5. The van der Waals surface area contributed by atoms with Crippen LogP contribution >= 0.6 is 0 Å². The number of aliphatic hydroxyl groups excluding tert-OH is 1. The van der Waals surface area contributed by atoms with E-state index in [1.54, 1.807) is 7.11 Å². The van der Waals surface area contributed by atoms with Crippen molar-refractivity contribution in [1.82, 2.24) is 5.32 Å². The number of aryl methyl sites for hydroxylation is 1. The highest BCUT2D eigenvalue weighted by Gasteiger charge is 2.10. The second-order valence-electron chi connectivity index (χ2n) is 3.78. The molecule has 0 aliphatic carbocycles. The Morgan fingerprint density at radius 1 is 1.44 bits per heavy atom. The van der Waals surface area contributed by atoms with E-state index in [0.717, 1.165) is 18.6 Å². The molecule has 0 spiro atoms. The third-order valence-corrected chi connectivity index (χ3v) is 2.85. The SMILES string of the molecule is CCc1cc(C(CCO)NC)ccc1OC. The fourth-order valence-corrected chi connectivity index (χ4v) is 1.90. The van der Waals surface area contributed by atoms with Crippen LogP contribution in [0.4, 0.5) is 0 Å². The minimum Gasteiger partial charge on any atom is -0.496 e. The maximum atomic E-state index is 8.99. The molecule has 1 atom stereocenters.